The molecule has 0 spiro atoms. The Balaban J connectivity index is 0.00000144. The third-order valence-corrected chi connectivity index (χ3v) is 4.79. The number of nitrogens with zero attached hydrogens (tertiary/aromatic N) is 1. The van der Waals surface area contributed by atoms with Crippen molar-refractivity contribution in [3.8, 4) is 5.75 Å². The second-order valence-electron chi connectivity index (χ2n) is 6.15. The number of halogens is 2. The van der Waals surface area contributed by atoms with Crippen LogP contribution in [0.25, 0.3) is 0 Å². The molecule has 24 heavy (non-hydrogen) atoms. The zero-order valence-corrected chi connectivity index (χ0v) is 16.0. The van der Waals surface area contributed by atoms with Crippen LogP contribution in [-0.4, -0.2) is 50.9 Å². The zero-order valence-electron chi connectivity index (χ0n) is 14.4. The van der Waals surface area contributed by atoms with E-state index in [1.807, 2.05) is 0 Å². The van der Waals surface area contributed by atoms with Gasteiger partial charge in [0.05, 0.1) is 6.61 Å². The highest BCUT2D eigenvalue weighted by Gasteiger charge is 2.32. The molecule has 1 atom stereocenters. The Morgan fingerprint density at radius 3 is 2.50 bits per heavy atom. The summed E-state index contributed by atoms with van der Waals surface area (Å²) < 4.78 is 11.5. The molecular weight excluding hydrogens is 347 g/mol. The average Bonchev–Trinajstić information content (AvgIpc) is 2.59. The van der Waals surface area contributed by atoms with Crippen molar-refractivity contribution < 1.29 is 9.47 Å². The van der Waals surface area contributed by atoms with Crippen LogP contribution in [0.4, 0.5) is 0 Å². The lowest BCUT2D eigenvalue weighted by molar-refractivity contribution is 0.0205. The summed E-state index contributed by atoms with van der Waals surface area (Å²) in [5.41, 5.74) is 1.36. The molecule has 4 nitrogen and oxygen atoms in total. The quantitative estimate of drug-likeness (QED) is 0.854. The van der Waals surface area contributed by atoms with E-state index in [0.717, 1.165) is 64.6 Å². The summed E-state index contributed by atoms with van der Waals surface area (Å²) in [5.74, 6) is 1.72. The molecule has 0 radical (unpaired) electrons. The number of para-hydroxylation sites is 1. The molecular formula is C18H30Cl2N2O2. The van der Waals surface area contributed by atoms with Crippen LogP contribution in [0.3, 0.4) is 0 Å². The predicted octanol–water partition coefficient (Wildman–Crippen LogP) is 3.30. The minimum atomic E-state index is 0. The van der Waals surface area contributed by atoms with E-state index < -0.39 is 0 Å². The third kappa shape index (κ3) is 5.24. The van der Waals surface area contributed by atoms with Gasteiger partial charge in [0.2, 0.25) is 0 Å². The lowest BCUT2D eigenvalue weighted by atomic mass is 9.85. The zero-order chi connectivity index (χ0) is 15.2. The second-order valence-corrected chi connectivity index (χ2v) is 6.15. The minimum absolute atomic E-state index is 0. The highest BCUT2D eigenvalue weighted by molar-refractivity contribution is 5.85. The van der Waals surface area contributed by atoms with Gasteiger partial charge in [0.25, 0.3) is 0 Å². The first-order valence-corrected chi connectivity index (χ1v) is 8.64. The molecule has 2 aliphatic heterocycles. The van der Waals surface area contributed by atoms with E-state index in [0.29, 0.717) is 12.0 Å². The molecule has 138 valence electrons. The summed E-state index contributed by atoms with van der Waals surface area (Å²) in [4.78, 5) is 2.64. The lowest BCUT2D eigenvalue weighted by Gasteiger charge is -2.41. The van der Waals surface area contributed by atoms with Crippen LogP contribution in [0.15, 0.2) is 24.3 Å². The number of ether oxygens (including phenoxy) is 2. The largest absolute Gasteiger partial charge is 0.494 e. The van der Waals surface area contributed by atoms with Crippen molar-refractivity contribution >= 4 is 24.8 Å². The normalized spacial score (nSPS) is 20.5. The Kier molecular flexibility index (Phi) is 10.0. The van der Waals surface area contributed by atoms with E-state index in [1.165, 1.54) is 5.56 Å². The number of hydrogen-bond acceptors (Lipinski definition) is 4. The van der Waals surface area contributed by atoms with Crippen LogP contribution in [0.5, 0.6) is 5.75 Å². The standard InChI is InChI=1S/C18H28N2O2.2ClH/c1-2-22-17-6-4-3-5-16(17)18(15-7-13-21-14-8-15)20-11-9-19-10-12-20;;/h3-6,15,18-19H,2,7-14H2,1H3;2*1H/t18-;;/m0../s1. The molecule has 0 bridgehead atoms. The van der Waals surface area contributed by atoms with Gasteiger partial charge in [-0.25, -0.2) is 0 Å². The van der Waals surface area contributed by atoms with Gasteiger partial charge in [-0.3, -0.25) is 4.90 Å². The number of rotatable bonds is 5. The van der Waals surface area contributed by atoms with Gasteiger partial charge in [-0.05, 0) is 31.7 Å². The summed E-state index contributed by atoms with van der Waals surface area (Å²) in [6.45, 7) is 8.95. The summed E-state index contributed by atoms with van der Waals surface area (Å²) in [6, 6.07) is 9.05. The van der Waals surface area contributed by atoms with Crippen LogP contribution in [0.2, 0.25) is 0 Å². The van der Waals surface area contributed by atoms with Gasteiger partial charge in [0.1, 0.15) is 5.75 Å². The first-order chi connectivity index (χ1) is 10.9. The van der Waals surface area contributed by atoms with Gasteiger partial charge in [-0.2, -0.15) is 0 Å². The Bertz CT molecular complexity index is 446. The highest BCUT2D eigenvalue weighted by atomic mass is 35.5. The molecule has 2 aliphatic rings. The third-order valence-electron chi connectivity index (χ3n) is 4.79. The molecule has 0 unspecified atom stereocenters. The molecule has 0 amide bonds. The molecule has 1 aromatic carbocycles. The Labute approximate surface area is 158 Å². The van der Waals surface area contributed by atoms with E-state index >= 15 is 0 Å². The molecule has 2 heterocycles. The van der Waals surface area contributed by atoms with Crippen LogP contribution >= 0.6 is 24.8 Å². The Morgan fingerprint density at radius 1 is 1.17 bits per heavy atom. The molecule has 1 N–H and O–H groups in total. The fourth-order valence-corrected chi connectivity index (χ4v) is 3.75. The Morgan fingerprint density at radius 2 is 1.83 bits per heavy atom. The maximum absolute atomic E-state index is 5.93. The lowest BCUT2D eigenvalue weighted by Crippen LogP contribution is -2.47. The number of piperazine rings is 1. The SMILES string of the molecule is CCOc1ccccc1[C@H](C1CCOCC1)N1CCNCC1.Cl.Cl. The fraction of sp³-hybridized carbons (Fsp3) is 0.667. The predicted molar refractivity (Wildman–Crippen MR) is 103 cm³/mol. The smallest absolute Gasteiger partial charge is 0.124 e. The minimum Gasteiger partial charge on any atom is -0.494 e. The molecule has 0 aromatic heterocycles. The Hall–Kier alpha value is -0.520. The first-order valence-electron chi connectivity index (χ1n) is 8.64. The molecule has 0 aliphatic carbocycles. The summed E-state index contributed by atoms with van der Waals surface area (Å²) in [6.07, 6.45) is 2.30. The van der Waals surface area contributed by atoms with Crippen molar-refractivity contribution in [2.24, 2.45) is 5.92 Å². The van der Waals surface area contributed by atoms with Crippen molar-refractivity contribution in [3.05, 3.63) is 29.8 Å². The number of nitrogens with one attached hydrogen (secondary N) is 1. The highest BCUT2D eigenvalue weighted by Crippen LogP contribution is 2.39. The summed E-state index contributed by atoms with van der Waals surface area (Å²) in [5, 5.41) is 3.47. The first kappa shape index (κ1) is 21.5. The summed E-state index contributed by atoms with van der Waals surface area (Å²) >= 11 is 0. The van der Waals surface area contributed by atoms with Gasteiger partial charge < -0.3 is 14.8 Å². The average molecular weight is 377 g/mol. The van der Waals surface area contributed by atoms with E-state index in [4.69, 9.17) is 9.47 Å². The van der Waals surface area contributed by atoms with Crippen molar-refractivity contribution in [2.75, 3.05) is 46.0 Å². The van der Waals surface area contributed by atoms with Crippen molar-refractivity contribution in [2.45, 2.75) is 25.8 Å². The second kappa shape index (κ2) is 11.2. The van der Waals surface area contributed by atoms with E-state index in [9.17, 15) is 0 Å². The molecule has 6 heteroatoms. The van der Waals surface area contributed by atoms with Gasteiger partial charge in [-0.1, -0.05) is 18.2 Å². The van der Waals surface area contributed by atoms with E-state index in [1.54, 1.807) is 0 Å². The number of benzene rings is 1. The maximum Gasteiger partial charge on any atom is 0.124 e. The molecule has 1 aromatic rings. The van der Waals surface area contributed by atoms with Gasteiger partial charge in [0.15, 0.2) is 0 Å². The molecule has 2 saturated heterocycles. The monoisotopic (exact) mass is 376 g/mol. The van der Waals surface area contributed by atoms with Crippen LogP contribution in [-0.2, 0) is 4.74 Å². The van der Waals surface area contributed by atoms with Crippen molar-refractivity contribution in [1.29, 1.82) is 0 Å². The van der Waals surface area contributed by atoms with Crippen LogP contribution < -0.4 is 10.1 Å². The van der Waals surface area contributed by atoms with E-state index in [2.05, 4.69) is 41.4 Å². The fourth-order valence-electron chi connectivity index (χ4n) is 3.75. The topological polar surface area (TPSA) is 33.7 Å². The van der Waals surface area contributed by atoms with Gasteiger partial charge >= 0.3 is 0 Å². The van der Waals surface area contributed by atoms with E-state index in [-0.39, 0.29) is 24.8 Å². The van der Waals surface area contributed by atoms with Crippen molar-refractivity contribution in [3.63, 3.8) is 0 Å². The van der Waals surface area contributed by atoms with Gasteiger partial charge in [-0.15, -0.1) is 24.8 Å². The van der Waals surface area contributed by atoms with Crippen LogP contribution in [0, 0.1) is 5.92 Å². The van der Waals surface area contributed by atoms with Crippen molar-refractivity contribution in [1.82, 2.24) is 10.2 Å². The van der Waals surface area contributed by atoms with Gasteiger partial charge in [0, 0.05) is 51.0 Å². The maximum atomic E-state index is 5.93. The number of hydrogen-bond donors (Lipinski definition) is 1. The van der Waals surface area contributed by atoms with Crippen LogP contribution in [0.1, 0.15) is 31.4 Å². The summed E-state index contributed by atoms with van der Waals surface area (Å²) in [7, 11) is 0. The molecule has 2 fully saturated rings. The molecule has 0 saturated carbocycles. The molecule has 3 rings (SSSR count).